The van der Waals surface area contributed by atoms with Gasteiger partial charge >= 0.3 is 0 Å². The zero-order valence-electron chi connectivity index (χ0n) is 13.9. The molecule has 3 aromatic rings. The molecule has 2 N–H and O–H groups in total. The highest BCUT2D eigenvalue weighted by Crippen LogP contribution is 2.26. The van der Waals surface area contributed by atoms with E-state index in [-0.39, 0.29) is 5.91 Å². The molecule has 6 nitrogen and oxygen atoms in total. The Bertz CT molecular complexity index is 898. The van der Waals surface area contributed by atoms with E-state index in [2.05, 4.69) is 15.5 Å². The van der Waals surface area contributed by atoms with Crippen LogP contribution in [-0.2, 0) is 4.79 Å². The molecule has 1 aromatic carbocycles. The lowest BCUT2D eigenvalue weighted by Gasteiger charge is -2.15. The standard InChI is InChI=1S/C17H18N4O2S2/c1-3-23-13-8-6-12(7-9-13)18-16(22)11(2)21-15(19-20-17(21)24)14-5-4-10-25-14/h4-11H,3H2,1-2H3,(H,18,22)(H,20,24)/t11-/m1/s1. The third-order valence-corrected chi connectivity index (χ3v) is 4.80. The van der Waals surface area contributed by atoms with Gasteiger partial charge in [-0.2, -0.15) is 5.10 Å². The molecule has 25 heavy (non-hydrogen) atoms. The summed E-state index contributed by atoms with van der Waals surface area (Å²) in [5, 5.41) is 11.9. The number of thiophene rings is 1. The second kappa shape index (κ2) is 7.62. The Labute approximate surface area is 154 Å². The molecular formula is C17H18N4O2S2. The largest absolute Gasteiger partial charge is 0.494 e. The Morgan fingerprint density at radius 1 is 1.40 bits per heavy atom. The van der Waals surface area contributed by atoms with Crippen molar-refractivity contribution >= 4 is 35.1 Å². The fourth-order valence-corrected chi connectivity index (χ4v) is 3.41. The number of aromatic nitrogens is 3. The number of nitrogens with zero attached hydrogens (tertiary/aromatic N) is 2. The first kappa shape index (κ1) is 17.4. The van der Waals surface area contributed by atoms with Gasteiger partial charge in [-0.25, -0.2) is 0 Å². The maximum atomic E-state index is 12.6. The van der Waals surface area contributed by atoms with Crippen LogP contribution in [-0.4, -0.2) is 27.3 Å². The highest BCUT2D eigenvalue weighted by atomic mass is 32.1. The van der Waals surface area contributed by atoms with E-state index >= 15 is 0 Å². The first-order chi connectivity index (χ1) is 12.1. The molecule has 2 aromatic heterocycles. The van der Waals surface area contributed by atoms with Gasteiger partial charge in [0.15, 0.2) is 10.6 Å². The molecule has 2 heterocycles. The summed E-state index contributed by atoms with van der Waals surface area (Å²) in [4.78, 5) is 13.6. The van der Waals surface area contributed by atoms with Crippen molar-refractivity contribution in [1.82, 2.24) is 14.8 Å². The molecule has 0 saturated heterocycles. The van der Waals surface area contributed by atoms with Gasteiger partial charge in [-0.05, 0) is 61.8 Å². The minimum Gasteiger partial charge on any atom is -0.494 e. The summed E-state index contributed by atoms with van der Waals surface area (Å²) < 4.78 is 7.54. The van der Waals surface area contributed by atoms with Gasteiger partial charge < -0.3 is 10.1 Å². The predicted octanol–water partition coefficient (Wildman–Crippen LogP) is 4.27. The van der Waals surface area contributed by atoms with Gasteiger partial charge in [0.1, 0.15) is 11.8 Å². The molecule has 130 valence electrons. The number of carbonyl (C=O) groups is 1. The van der Waals surface area contributed by atoms with Gasteiger partial charge in [0.25, 0.3) is 0 Å². The summed E-state index contributed by atoms with van der Waals surface area (Å²) in [6, 6.07) is 10.6. The quantitative estimate of drug-likeness (QED) is 0.632. The van der Waals surface area contributed by atoms with Gasteiger partial charge in [0.05, 0.1) is 11.5 Å². The molecule has 0 aliphatic rings. The van der Waals surface area contributed by atoms with Crippen LogP contribution in [0.1, 0.15) is 19.9 Å². The fraction of sp³-hybridized carbons (Fsp3) is 0.235. The molecule has 1 atom stereocenters. The highest BCUT2D eigenvalue weighted by molar-refractivity contribution is 7.71. The lowest BCUT2D eigenvalue weighted by Crippen LogP contribution is -2.24. The van der Waals surface area contributed by atoms with Crippen LogP contribution in [0, 0.1) is 4.77 Å². The van der Waals surface area contributed by atoms with Crippen molar-refractivity contribution in [1.29, 1.82) is 0 Å². The number of aromatic amines is 1. The summed E-state index contributed by atoms with van der Waals surface area (Å²) in [6.07, 6.45) is 0. The van der Waals surface area contributed by atoms with E-state index < -0.39 is 6.04 Å². The molecule has 0 bridgehead atoms. The summed E-state index contributed by atoms with van der Waals surface area (Å²) in [6.45, 7) is 4.33. The minimum absolute atomic E-state index is 0.167. The second-order valence-electron chi connectivity index (χ2n) is 5.32. The van der Waals surface area contributed by atoms with E-state index in [0.717, 1.165) is 10.6 Å². The molecule has 3 rings (SSSR count). The van der Waals surface area contributed by atoms with Crippen LogP contribution in [0.2, 0.25) is 0 Å². The maximum Gasteiger partial charge on any atom is 0.247 e. The van der Waals surface area contributed by atoms with Crippen molar-refractivity contribution in [3.8, 4) is 16.5 Å². The van der Waals surface area contributed by atoms with E-state index in [1.807, 2.05) is 48.7 Å². The summed E-state index contributed by atoms with van der Waals surface area (Å²) >= 11 is 6.85. The number of anilines is 1. The first-order valence-corrected chi connectivity index (χ1v) is 9.13. The average molecular weight is 374 g/mol. The minimum atomic E-state index is -0.505. The Kier molecular flexibility index (Phi) is 5.30. The van der Waals surface area contributed by atoms with Crippen molar-refractivity contribution in [2.75, 3.05) is 11.9 Å². The number of rotatable bonds is 6. The summed E-state index contributed by atoms with van der Waals surface area (Å²) in [5.74, 6) is 1.26. The van der Waals surface area contributed by atoms with Gasteiger partial charge in [0, 0.05) is 5.69 Å². The molecule has 0 aliphatic heterocycles. The molecule has 1 amide bonds. The number of ether oxygens (including phenoxy) is 1. The number of carbonyl (C=O) groups excluding carboxylic acids is 1. The number of hydrogen-bond donors (Lipinski definition) is 2. The third-order valence-electron chi connectivity index (χ3n) is 3.65. The Balaban J connectivity index is 1.79. The van der Waals surface area contributed by atoms with Crippen molar-refractivity contribution in [3.63, 3.8) is 0 Å². The molecule has 0 unspecified atom stereocenters. The van der Waals surface area contributed by atoms with Crippen LogP contribution >= 0.6 is 23.6 Å². The Morgan fingerprint density at radius 2 is 2.16 bits per heavy atom. The van der Waals surface area contributed by atoms with Crippen LogP contribution in [0.5, 0.6) is 5.75 Å². The van der Waals surface area contributed by atoms with E-state index in [4.69, 9.17) is 17.0 Å². The van der Waals surface area contributed by atoms with Crippen molar-refractivity contribution in [2.45, 2.75) is 19.9 Å². The number of amides is 1. The zero-order valence-corrected chi connectivity index (χ0v) is 15.5. The van der Waals surface area contributed by atoms with E-state index in [0.29, 0.717) is 22.9 Å². The van der Waals surface area contributed by atoms with Gasteiger partial charge in [-0.1, -0.05) is 6.07 Å². The van der Waals surface area contributed by atoms with Gasteiger partial charge in [-0.3, -0.25) is 14.5 Å². The van der Waals surface area contributed by atoms with E-state index in [1.54, 1.807) is 22.8 Å². The third kappa shape index (κ3) is 3.80. The van der Waals surface area contributed by atoms with Gasteiger partial charge in [-0.15, -0.1) is 11.3 Å². The van der Waals surface area contributed by atoms with E-state index in [1.165, 1.54) is 0 Å². The molecule has 0 aliphatic carbocycles. The van der Waals surface area contributed by atoms with Crippen LogP contribution < -0.4 is 10.1 Å². The van der Waals surface area contributed by atoms with Crippen molar-refractivity contribution < 1.29 is 9.53 Å². The fourth-order valence-electron chi connectivity index (χ4n) is 2.41. The molecule has 0 saturated carbocycles. The monoisotopic (exact) mass is 374 g/mol. The lowest BCUT2D eigenvalue weighted by atomic mass is 10.2. The van der Waals surface area contributed by atoms with Crippen LogP contribution in [0.4, 0.5) is 5.69 Å². The Morgan fingerprint density at radius 3 is 2.80 bits per heavy atom. The zero-order chi connectivity index (χ0) is 17.8. The van der Waals surface area contributed by atoms with Crippen LogP contribution in [0.25, 0.3) is 10.7 Å². The molecule has 0 spiro atoms. The highest BCUT2D eigenvalue weighted by Gasteiger charge is 2.21. The second-order valence-corrected chi connectivity index (χ2v) is 6.66. The average Bonchev–Trinajstić information content (AvgIpc) is 3.25. The predicted molar refractivity (Wildman–Crippen MR) is 102 cm³/mol. The smallest absolute Gasteiger partial charge is 0.247 e. The molecule has 0 radical (unpaired) electrons. The number of H-pyrrole nitrogens is 1. The first-order valence-electron chi connectivity index (χ1n) is 7.84. The number of benzene rings is 1. The summed E-state index contributed by atoms with van der Waals surface area (Å²) in [7, 11) is 0. The van der Waals surface area contributed by atoms with Gasteiger partial charge in [0.2, 0.25) is 5.91 Å². The van der Waals surface area contributed by atoms with Crippen LogP contribution in [0.15, 0.2) is 41.8 Å². The maximum absolute atomic E-state index is 12.6. The van der Waals surface area contributed by atoms with Crippen molar-refractivity contribution in [3.05, 3.63) is 46.5 Å². The molecular weight excluding hydrogens is 356 g/mol. The topological polar surface area (TPSA) is 71.9 Å². The normalized spacial score (nSPS) is 11.9. The SMILES string of the molecule is CCOc1ccc(NC(=O)[C@@H](C)n2c(-c3cccs3)n[nH]c2=S)cc1. The van der Waals surface area contributed by atoms with Crippen molar-refractivity contribution in [2.24, 2.45) is 0 Å². The molecule has 0 fully saturated rings. The number of hydrogen-bond acceptors (Lipinski definition) is 5. The molecule has 8 heteroatoms. The van der Waals surface area contributed by atoms with Crippen LogP contribution in [0.3, 0.4) is 0 Å². The lowest BCUT2D eigenvalue weighted by molar-refractivity contribution is -0.118. The Hall–Kier alpha value is -2.45. The van der Waals surface area contributed by atoms with E-state index in [9.17, 15) is 4.79 Å². The summed E-state index contributed by atoms with van der Waals surface area (Å²) in [5.41, 5.74) is 0.702. The number of nitrogens with one attached hydrogen (secondary N) is 2.